The maximum absolute atomic E-state index is 5.41. The van der Waals surface area contributed by atoms with Gasteiger partial charge in [-0.3, -0.25) is 5.10 Å². The van der Waals surface area contributed by atoms with Gasteiger partial charge in [0.15, 0.2) is 5.82 Å². The number of hydrogen-bond acceptors (Lipinski definition) is 4. The largest absolute Gasteiger partial charge is 0.339 e. The van der Waals surface area contributed by atoms with Crippen LogP contribution in [0.25, 0.3) is 0 Å². The van der Waals surface area contributed by atoms with Gasteiger partial charge in [0.1, 0.15) is 0 Å². The summed E-state index contributed by atoms with van der Waals surface area (Å²) < 4.78 is 5.41. The van der Waals surface area contributed by atoms with Gasteiger partial charge in [-0.25, -0.2) is 0 Å². The summed E-state index contributed by atoms with van der Waals surface area (Å²) in [6.07, 6.45) is 2.46. The first-order valence-corrected chi connectivity index (χ1v) is 8.00. The van der Waals surface area contributed by atoms with Gasteiger partial charge in [-0.2, -0.15) is 10.1 Å². The molecule has 3 rings (SSSR count). The number of H-pyrrole nitrogens is 1. The maximum atomic E-state index is 5.41. The molecule has 0 radical (unpaired) electrons. The lowest BCUT2D eigenvalue weighted by Crippen LogP contribution is -2.02. The molecule has 0 fully saturated rings. The molecule has 0 aliphatic rings. The second kappa shape index (κ2) is 6.77. The summed E-state index contributed by atoms with van der Waals surface area (Å²) >= 11 is 0. The first-order valence-electron chi connectivity index (χ1n) is 8.00. The third-order valence-electron chi connectivity index (χ3n) is 4.15. The van der Waals surface area contributed by atoms with Crippen molar-refractivity contribution in [2.75, 3.05) is 0 Å². The Morgan fingerprint density at radius 1 is 1.13 bits per heavy atom. The third kappa shape index (κ3) is 3.67. The van der Waals surface area contributed by atoms with Gasteiger partial charge in [0, 0.05) is 18.5 Å². The van der Waals surface area contributed by atoms with Crippen molar-refractivity contribution >= 4 is 0 Å². The van der Waals surface area contributed by atoms with E-state index >= 15 is 0 Å². The molecule has 1 aromatic carbocycles. The molecular formula is C18H22N4O. The van der Waals surface area contributed by atoms with E-state index in [0.717, 1.165) is 36.5 Å². The van der Waals surface area contributed by atoms with Crippen LogP contribution in [0.2, 0.25) is 0 Å². The average Bonchev–Trinajstić information content (AvgIpc) is 3.13. The number of nitrogens with zero attached hydrogens (tertiary/aromatic N) is 3. The Morgan fingerprint density at radius 2 is 1.91 bits per heavy atom. The number of rotatable bonds is 6. The predicted octanol–water partition coefficient (Wildman–Crippen LogP) is 3.54. The van der Waals surface area contributed by atoms with Crippen LogP contribution in [0.15, 0.2) is 34.9 Å². The van der Waals surface area contributed by atoms with E-state index in [1.165, 1.54) is 11.1 Å². The van der Waals surface area contributed by atoms with Gasteiger partial charge in [-0.1, -0.05) is 42.4 Å². The fraction of sp³-hybridized carbons (Fsp3) is 0.389. The van der Waals surface area contributed by atoms with Crippen LogP contribution in [0.3, 0.4) is 0 Å². The Hall–Kier alpha value is -2.43. The summed E-state index contributed by atoms with van der Waals surface area (Å²) in [5.41, 5.74) is 4.68. The van der Waals surface area contributed by atoms with Crippen LogP contribution in [0, 0.1) is 13.8 Å². The van der Waals surface area contributed by atoms with Gasteiger partial charge in [-0.05, 0) is 37.3 Å². The van der Waals surface area contributed by atoms with Crippen LogP contribution in [0.1, 0.15) is 47.1 Å². The SMILES string of the molecule is Cc1n[nH]c(C)c1C(C)Cc1nc(CCc2ccccc2)no1. The van der Waals surface area contributed by atoms with E-state index in [0.29, 0.717) is 11.8 Å². The summed E-state index contributed by atoms with van der Waals surface area (Å²) in [7, 11) is 0. The van der Waals surface area contributed by atoms with Crippen molar-refractivity contribution < 1.29 is 4.52 Å². The molecule has 0 spiro atoms. The van der Waals surface area contributed by atoms with Gasteiger partial charge in [0.25, 0.3) is 0 Å². The van der Waals surface area contributed by atoms with Gasteiger partial charge >= 0.3 is 0 Å². The number of hydrogen-bond donors (Lipinski definition) is 1. The quantitative estimate of drug-likeness (QED) is 0.756. The minimum Gasteiger partial charge on any atom is -0.339 e. The average molecular weight is 310 g/mol. The van der Waals surface area contributed by atoms with Crippen molar-refractivity contribution in [2.24, 2.45) is 0 Å². The first kappa shape index (κ1) is 15.5. The van der Waals surface area contributed by atoms with Crippen molar-refractivity contribution in [3.63, 3.8) is 0 Å². The van der Waals surface area contributed by atoms with Crippen molar-refractivity contribution in [1.82, 2.24) is 20.3 Å². The monoisotopic (exact) mass is 310 g/mol. The van der Waals surface area contributed by atoms with Crippen LogP contribution in [0.4, 0.5) is 0 Å². The lowest BCUT2D eigenvalue weighted by atomic mass is 9.96. The van der Waals surface area contributed by atoms with Crippen LogP contribution in [-0.4, -0.2) is 20.3 Å². The van der Waals surface area contributed by atoms with E-state index in [2.05, 4.69) is 39.4 Å². The Kier molecular flexibility index (Phi) is 4.55. The molecule has 5 heteroatoms. The molecular weight excluding hydrogens is 288 g/mol. The number of aryl methyl sites for hydroxylation is 4. The molecule has 0 bridgehead atoms. The number of nitrogens with one attached hydrogen (secondary N) is 1. The van der Waals surface area contributed by atoms with Crippen molar-refractivity contribution in [2.45, 2.75) is 46.0 Å². The molecule has 0 aliphatic heterocycles. The van der Waals surface area contributed by atoms with E-state index in [-0.39, 0.29) is 0 Å². The second-order valence-electron chi connectivity index (χ2n) is 6.04. The van der Waals surface area contributed by atoms with Crippen molar-refractivity contribution in [3.8, 4) is 0 Å². The normalized spacial score (nSPS) is 12.5. The van der Waals surface area contributed by atoms with E-state index < -0.39 is 0 Å². The molecule has 23 heavy (non-hydrogen) atoms. The molecule has 0 amide bonds. The molecule has 2 aromatic heterocycles. The smallest absolute Gasteiger partial charge is 0.227 e. The number of aromatic amines is 1. The zero-order valence-electron chi connectivity index (χ0n) is 13.8. The fourth-order valence-corrected chi connectivity index (χ4v) is 3.03. The highest BCUT2D eigenvalue weighted by atomic mass is 16.5. The first-order chi connectivity index (χ1) is 11.1. The summed E-state index contributed by atoms with van der Waals surface area (Å²) in [6, 6.07) is 10.4. The second-order valence-corrected chi connectivity index (χ2v) is 6.04. The molecule has 120 valence electrons. The summed E-state index contributed by atoms with van der Waals surface area (Å²) in [6.45, 7) is 6.23. The van der Waals surface area contributed by atoms with Crippen LogP contribution < -0.4 is 0 Å². The van der Waals surface area contributed by atoms with Gasteiger partial charge < -0.3 is 4.52 Å². The lowest BCUT2D eigenvalue weighted by molar-refractivity contribution is 0.366. The van der Waals surface area contributed by atoms with Crippen LogP contribution >= 0.6 is 0 Å². The highest BCUT2D eigenvalue weighted by molar-refractivity contribution is 5.27. The van der Waals surface area contributed by atoms with E-state index in [9.17, 15) is 0 Å². The van der Waals surface area contributed by atoms with Crippen molar-refractivity contribution in [3.05, 3.63) is 64.6 Å². The summed E-state index contributed by atoms with van der Waals surface area (Å²) in [5.74, 6) is 1.77. The predicted molar refractivity (Wildman–Crippen MR) is 88.3 cm³/mol. The van der Waals surface area contributed by atoms with Crippen LogP contribution in [0.5, 0.6) is 0 Å². The molecule has 1 N–H and O–H groups in total. The highest BCUT2D eigenvalue weighted by Gasteiger charge is 2.18. The molecule has 2 heterocycles. The highest BCUT2D eigenvalue weighted by Crippen LogP contribution is 2.24. The fourth-order valence-electron chi connectivity index (χ4n) is 3.03. The minimum atomic E-state index is 0.302. The number of aromatic nitrogens is 4. The molecule has 3 aromatic rings. The van der Waals surface area contributed by atoms with Crippen molar-refractivity contribution in [1.29, 1.82) is 0 Å². The van der Waals surface area contributed by atoms with Gasteiger partial charge in [-0.15, -0.1) is 0 Å². The lowest BCUT2D eigenvalue weighted by Gasteiger charge is -2.08. The summed E-state index contributed by atoms with van der Waals surface area (Å²) in [5, 5.41) is 11.4. The van der Waals surface area contributed by atoms with Gasteiger partial charge in [0.05, 0.1) is 5.69 Å². The topological polar surface area (TPSA) is 67.6 Å². The van der Waals surface area contributed by atoms with E-state index in [1.54, 1.807) is 0 Å². The molecule has 0 saturated heterocycles. The van der Waals surface area contributed by atoms with E-state index in [4.69, 9.17) is 4.52 Å². The Labute approximate surface area is 136 Å². The molecule has 5 nitrogen and oxygen atoms in total. The molecule has 1 atom stereocenters. The summed E-state index contributed by atoms with van der Waals surface area (Å²) in [4.78, 5) is 4.53. The number of benzene rings is 1. The van der Waals surface area contributed by atoms with Crippen LogP contribution in [-0.2, 0) is 19.3 Å². The molecule has 0 aliphatic carbocycles. The Bertz CT molecular complexity index is 741. The van der Waals surface area contributed by atoms with Gasteiger partial charge in [0.2, 0.25) is 5.89 Å². The Balaban J connectivity index is 1.61. The zero-order valence-corrected chi connectivity index (χ0v) is 13.8. The minimum absolute atomic E-state index is 0.302. The molecule has 0 saturated carbocycles. The third-order valence-corrected chi connectivity index (χ3v) is 4.15. The maximum Gasteiger partial charge on any atom is 0.227 e. The zero-order chi connectivity index (χ0) is 16.2. The Morgan fingerprint density at radius 3 is 2.61 bits per heavy atom. The standard InChI is InChI=1S/C18H22N4O/c1-12(18-13(2)20-21-14(18)3)11-17-19-16(22-23-17)10-9-15-7-5-4-6-8-15/h4-8,12H,9-11H2,1-3H3,(H,20,21). The molecule has 1 unspecified atom stereocenters. The van der Waals surface area contributed by atoms with E-state index in [1.807, 2.05) is 32.0 Å².